The minimum atomic E-state index is -4.17. The molecule has 3 N–H and O–H groups in total. The van der Waals surface area contributed by atoms with E-state index in [-0.39, 0.29) is 19.9 Å². The molecule has 0 atom stereocenters. The van der Waals surface area contributed by atoms with Crippen LogP contribution < -0.4 is 20.3 Å². The lowest BCUT2D eigenvalue weighted by Crippen LogP contribution is -2.34. The van der Waals surface area contributed by atoms with Crippen molar-refractivity contribution >= 4 is 55.5 Å². The highest BCUT2D eigenvalue weighted by molar-refractivity contribution is 7.92. The molecule has 0 aliphatic carbocycles. The molecule has 0 saturated carbocycles. The van der Waals surface area contributed by atoms with Gasteiger partial charge in [0.2, 0.25) is 5.88 Å². The van der Waals surface area contributed by atoms with E-state index < -0.39 is 33.3 Å². The molecule has 4 aromatic rings. The summed E-state index contributed by atoms with van der Waals surface area (Å²) >= 11 is 6.48. The number of halogens is 2. The van der Waals surface area contributed by atoms with E-state index in [1.54, 1.807) is 16.9 Å². The van der Waals surface area contributed by atoms with Gasteiger partial charge in [0, 0.05) is 17.1 Å². The molecule has 0 fully saturated rings. The van der Waals surface area contributed by atoms with E-state index in [9.17, 15) is 27.5 Å². The highest BCUT2D eigenvalue weighted by Gasteiger charge is 2.21. The Morgan fingerprint density at radius 2 is 1.91 bits per heavy atom. The lowest BCUT2D eigenvalue weighted by Gasteiger charge is -2.14. The number of methoxy groups -OCH3 is 1. The second-order valence-corrected chi connectivity index (χ2v) is 10.5. The van der Waals surface area contributed by atoms with E-state index in [4.69, 9.17) is 16.3 Å². The summed E-state index contributed by atoms with van der Waals surface area (Å²) in [5.74, 6) is -0.952. The van der Waals surface area contributed by atoms with Gasteiger partial charge < -0.3 is 15.2 Å². The summed E-state index contributed by atoms with van der Waals surface area (Å²) in [5.41, 5.74) is -1.06. The predicted octanol–water partition coefficient (Wildman–Crippen LogP) is 4.07. The average molecular weight is 524 g/mol. The van der Waals surface area contributed by atoms with E-state index >= 15 is 0 Å². The van der Waals surface area contributed by atoms with Gasteiger partial charge in [0.25, 0.3) is 15.6 Å². The van der Waals surface area contributed by atoms with E-state index in [1.165, 1.54) is 37.4 Å². The summed E-state index contributed by atoms with van der Waals surface area (Å²) in [7, 11) is -2.71. The van der Waals surface area contributed by atoms with Gasteiger partial charge in [-0.2, -0.15) is 0 Å². The molecule has 2 aromatic heterocycles. The van der Waals surface area contributed by atoms with E-state index in [2.05, 4.69) is 5.32 Å². The number of fused-ring (bicyclic) bond motifs is 1. The molecule has 0 saturated heterocycles. The van der Waals surface area contributed by atoms with E-state index in [0.29, 0.717) is 16.5 Å². The summed E-state index contributed by atoms with van der Waals surface area (Å²) in [6.07, 6.45) is 0. The van der Waals surface area contributed by atoms with Crippen LogP contribution in [0.5, 0.6) is 11.6 Å². The SMILES string of the molecule is COc1ccc2c(O)n(-c3ccc(NC(=O)NS(=O)(=O)c4ccc(Cl)s4)cc3F)c(=O)cc2c1. The van der Waals surface area contributed by atoms with Gasteiger partial charge in [-0.1, -0.05) is 11.6 Å². The molecule has 34 heavy (non-hydrogen) atoms. The standard InChI is InChI=1S/C21H15ClFN3O6S2/c1-32-13-3-4-14-11(8-13)9-18(27)26(20(14)28)16-5-2-12(10-15(16)23)24-21(29)25-34(30,31)19-7-6-17(22)33-19/h2-10,28H,1H3,(H2,24,25,29). The number of carbonyl (C=O) groups is 1. The number of benzene rings is 2. The van der Waals surface area contributed by atoms with Crippen LogP contribution >= 0.6 is 22.9 Å². The molecular weight excluding hydrogens is 509 g/mol. The Balaban J connectivity index is 1.61. The third-order valence-electron chi connectivity index (χ3n) is 4.70. The molecule has 2 aromatic carbocycles. The summed E-state index contributed by atoms with van der Waals surface area (Å²) < 4.78 is 47.0. The van der Waals surface area contributed by atoms with E-state index in [0.717, 1.165) is 28.0 Å². The monoisotopic (exact) mass is 523 g/mol. The van der Waals surface area contributed by atoms with Gasteiger partial charge in [-0.3, -0.25) is 4.79 Å². The predicted molar refractivity (Wildman–Crippen MR) is 126 cm³/mol. The normalized spacial score (nSPS) is 11.4. The molecule has 4 rings (SSSR count). The summed E-state index contributed by atoms with van der Waals surface area (Å²) in [6, 6.07) is 10.7. The Morgan fingerprint density at radius 3 is 2.56 bits per heavy atom. The number of urea groups is 1. The molecule has 0 unspecified atom stereocenters. The number of nitrogens with one attached hydrogen (secondary N) is 2. The number of carbonyl (C=O) groups excluding carboxylic acids is 1. The Labute approximate surface area is 201 Å². The van der Waals surface area contributed by atoms with Crippen LogP contribution in [-0.4, -0.2) is 31.2 Å². The number of nitrogens with zero attached hydrogens (tertiary/aromatic N) is 1. The van der Waals surface area contributed by atoms with Crippen LogP contribution in [0.1, 0.15) is 0 Å². The zero-order valence-electron chi connectivity index (χ0n) is 17.2. The summed E-state index contributed by atoms with van der Waals surface area (Å²) in [6.45, 7) is 0. The van der Waals surface area contributed by atoms with Crippen molar-refractivity contribution in [3.63, 3.8) is 0 Å². The van der Waals surface area contributed by atoms with Crippen molar-refractivity contribution in [2.75, 3.05) is 12.4 Å². The first-order valence-electron chi connectivity index (χ1n) is 9.41. The molecule has 0 aliphatic rings. The number of thiophene rings is 1. The molecule has 0 bridgehead atoms. The fourth-order valence-electron chi connectivity index (χ4n) is 3.18. The van der Waals surface area contributed by atoms with Crippen LogP contribution in [0.4, 0.5) is 14.9 Å². The zero-order valence-corrected chi connectivity index (χ0v) is 19.6. The number of sulfonamides is 1. The second kappa shape index (κ2) is 8.97. The van der Waals surface area contributed by atoms with Crippen molar-refractivity contribution in [1.82, 2.24) is 9.29 Å². The van der Waals surface area contributed by atoms with Crippen LogP contribution in [-0.2, 0) is 10.0 Å². The van der Waals surface area contributed by atoms with Crippen LogP contribution in [0.25, 0.3) is 16.5 Å². The highest BCUT2D eigenvalue weighted by Crippen LogP contribution is 2.30. The van der Waals surface area contributed by atoms with Crippen molar-refractivity contribution in [3.8, 4) is 17.3 Å². The number of anilines is 1. The van der Waals surface area contributed by atoms with Gasteiger partial charge >= 0.3 is 6.03 Å². The lowest BCUT2D eigenvalue weighted by atomic mass is 10.1. The Bertz CT molecular complexity index is 1600. The number of hydrogen-bond donors (Lipinski definition) is 3. The van der Waals surface area contributed by atoms with Gasteiger partial charge in [-0.15, -0.1) is 11.3 Å². The number of aromatic hydroxyl groups is 1. The number of ether oxygens (including phenoxy) is 1. The molecular formula is C21H15ClFN3O6S2. The first-order valence-corrected chi connectivity index (χ1v) is 12.1. The van der Waals surface area contributed by atoms with Gasteiger partial charge in [0.15, 0.2) is 0 Å². The number of aromatic nitrogens is 1. The number of hydrogen-bond acceptors (Lipinski definition) is 7. The average Bonchev–Trinajstić information content (AvgIpc) is 3.21. The van der Waals surface area contributed by atoms with Crippen molar-refractivity contribution in [3.05, 3.63) is 75.1 Å². The van der Waals surface area contributed by atoms with Crippen LogP contribution in [0.3, 0.4) is 0 Å². The Hall–Kier alpha value is -3.61. The second-order valence-electron chi connectivity index (χ2n) is 6.88. The molecule has 0 spiro atoms. The topological polar surface area (TPSA) is 127 Å². The minimum Gasteiger partial charge on any atom is -0.497 e. The molecule has 13 heteroatoms. The Morgan fingerprint density at radius 1 is 1.15 bits per heavy atom. The maximum Gasteiger partial charge on any atom is 0.333 e. The molecule has 0 aliphatic heterocycles. The number of amides is 2. The van der Waals surface area contributed by atoms with Crippen molar-refractivity contribution in [2.45, 2.75) is 4.21 Å². The smallest absolute Gasteiger partial charge is 0.333 e. The third kappa shape index (κ3) is 4.55. The van der Waals surface area contributed by atoms with Crippen molar-refractivity contribution in [1.29, 1.82) is 0 Å². The van der Waals surface area contributed by atoms with Gasteiger partial charge in [-0.05, 0) is 53.9 Å². The fourth-order valence-corrected chi connectivity index (χ4v) is 5.57. The Kier molecular flexibility index (Phi) is 6.21. The first-order chi connectivity index (χ1) is 16.1. The number of rotatable bonds is 5. The quantitative estimate of drug-likeness (QED) is 0.362. The van der Waals surface area contributed by atoms with Crippen LogP contribution in [0.2, 0.25) is 4.34 Å². The molecule has 0 radical (unpaired) electrons. The first kappa shape index (κ1) is 23.5. The fraction of sp³-hybridized carbons (Fsp3) is 0.0476. The van der Waals surface area contributed by atoms with Crippen LogP contribution in [0.15, 0.2) is 63.6 Å². The largest absolute Gasteiger partial charge is 0.497 e. The summed E-state index contributed by atoms with van der Waals surface area (Å²) in [4.78, 5) is 24.7. The third-order valence-corrected chi connectivity index (χ3v) is 7.75. The molecule has 176 valence electrons. The van der Waals surface area contributed by atoms with Crippen molar-refractivity contribution < 1.29 is 27.4 Å². The zero-order chi connectivity index (χ0) is 24.6. The van der Waals surface area contributed by atoms with Gasteiger partial charge in [0.05, 0.1) is 17.1 Å². The molecule has 9 nitrogen and oxygen atoms in total. The minimum absolute atomic E-state index is 0.0868. The maximum absolute atomic E-state index is 14.9. The highest BCUT2D eigenvalue weighted by atomic mass is 35.5. The number of pyridine rings is 1. The van der Waals surface area contributed by atoms with Gasteiger partial charge in [-0.25, -0.2) is 26.9 Å². The summed E-state index contributed by atoms with van der Waals surface area (Å²) in [5, 5.41) is 13.5. The molecule has 2 amide bonds. The lowest BCUT2D eigenvalue weighted by molar-refractivity contribution is 0.256. The van der Waals surface area contributed by atoms with E-state index in [1.807, 2.05) is 0 Å². The van der Waals surface area contributed by atoms with Crippen LogP contribution in [0, 0.1) is 5.82 Å². The van der Waals surface area contributed by atoms with Crippen molar-refractivity contribution in [2.24, 2.45) is 0 Å². The van der Waals surface area contributed by atoms with Gasteiger partial charge in [0.1, 0.15) is 15.8 Å². The molecule has 2 heterocycles. The maximum atomic E-state index is 14.9.